The van der Waals surface area contributed by atoms with Crippen LogP contribution in [0.5, 0.6) is 0 Å². The van der Waals surface area contributed by atoms with E-state index in [0.717, 1.165) is 70.6 Å². The van der Waals surface area contributed by atoms with Crippen LogP contribution in [0.1, 0.15) is 226 Å². The van der Waals surface area contributed by atoms with Crippen molar-refractivity contribution in [1.29, 1.82) is 0 Å². The number of aliphatic hydroxyl groups excluding tert-OH is 2. The molecule has 1 amide bonds. The summed E-state index contributed by atoms with van der Waals surface area (Å²) in [6.07, 6.45) is 46.3. The van der Waals surface area contributed by atoms with Crippen molar-refractivity contribution in [3.05, 3.63) is 36.5 Å². The summed E-state index contributed by atoms with van der Waals surface area (Å²) in [5, 5.41) is 23.5. The lowest BCUT2D eigenvalue weighted by Gasteiger charge is -2.24. The average molecular weight is 746 g/mol. The molecule has 0 aromatic carbocycles. The molecule has 0 heterocycles. The number of unbranched alkanes of at least 4 members (excludes halogenated alkanes) is 22. The molecule has 3 N–H and O–H groups in total. The van der Waals surface area contributed by atoms with E-state index in [0.29, 0.717) is 19.3 Å². The molecule has 0 aliphatic heterocycles. The molecule has 0 bridgehead atoms. The van der Waals surface area contributed by atoms with Crippen LogP contribution in [-0.4, -0.2) is 46.9 Å². The Labute approximate surface area is 328 Å². The first-order valence-electron chi connectivity index (χ1n) is 22.7. The predicted molar refractivity (Wildman–Crippen MR) is 227 cm³/mol. The highest BCUT2D eigenvalue weighted by Crippen LogP contribution is 2.17. The summed E-state index contributed by atoms with van der Waals surface area (Å²) in [6.45, 7) is 6.40. The normalized spacial score (nSPS) is 13.7. The van der Waals surface area contributed by atoms with E-state index >= 15 is 0 Å². The zero-order valence-corrected chi connectivity index (χ0v) is 35.1. The first kappa shape index (κ1) is 51.1. The minimum Gasteiger partial charge on any atom is -0.462 e. The monoisotopic (exact) mass is 746 g/mol. The van der Waals surface area contributed by atoms with Crippen molar-refractivity contribution in [2.24, 2.45) is 0 Å². The summed E-state index contributed by atoms with van der Waals surface area (Å²) in [5.74, 6) is -0.511. The summed E-state index contributed by atoms with van der Waals surface area (Å²) < 4.78 is 5.87. The Morgan fingerprint density at radius 2 is 0.962 bits per heavy atom. The fraction of sp³-hybridized carbons (Fsp3) is 0.830. The number of esters is 1. The molecule has 6 heteroatoms. The molecule has 0 fully saturated rings. The first-order valence-corrected chi connectivity index (χ1v) is 22.7. The quantitative estimate of drug-likeness (QED) is 0.0330. The molecule has 0 aromatic heterocycles. The number of allylic oxidation sites excluding steroid dienone is 6. The van der Waals surface area contributed by atoms with Gasteiger partial charge in [0.15, 0.2) is 0 Å². The molecular formula is C47H87NO5. The van der Waals surface area contributed by atoms with Crippen molar-refractivity contribution in [3.63, 3.8) is 0 Å². The van der Waals surface area contributed by atoms with Crippen LogP contribution in [0.25, 0.3) is 0 Å². The number of ether oxygens (including phenoxy) is 1. The molecule has 0 rings (SSSR count). The highest BCUT2D eigenvalue weighted by Gasteiger charge is 2.24. The average Bonchev–Trinajstić information content (AvgIpc) is 3.15. The van der Waals surface area contributed by atoms with Gasteiger partial charge in [-0.3, -0.25) is 9.59 Å². The lowest BCUT2D eigenvalue weighted by Crippen LogP contribution is -2.46. The topological polar surface area (TPSA) is 95.9 Å². The predicted octanol–water partition coefficient (Wildman–Crippen LogP) is 12.9. The summed E-state index contributed by atoms with van der Waals surface area (Å²) in [6, 6.07) is -0.708. The van der Waals surface area contributed by atoms with E-state index in [2.05, 4.69) is 62.5 Å². The fourth-order valence-corrected chi connectivity index (χ4v) is 6.73. The lowest BCUT2D eigenvalue weighted by molar-refractivity contribution is -0.151. The number of nitrogens with one attached hydrogen (secondary N) is 1. The van der Waals surface area contributed by atoms with E-state index in [-0.39, 0.29) is 24.9 Å². The Morgan fingerprint density at radius 1 is 0.547 bits per heavy atom. The third kappa shape index (κ3) is 36.8. The summed E-state index contributed by atoms with van der Waals surface area (Å²) in [4.78, 5) is 25.9. The van der Waals surface area contributed by atoms with Crippen molar-refractivity contribution in [3.8, 4) is 0 Å². The Kier molecular flexibility index (Phi) is 39.8. The summed E-state index contributed by atoms with van der Waals surface area (Å²) in [7, 11) is 0. The molecule has 0 spiro atoms. The maximum absolute atomic E-state index is 13.1. The van der Waals surface area contributed by atoms with Crippen LogP contribution in [0.4, 0.5) is 0 Å². The van der Waals surface area contributed by atoms with Gasteiger partial charge in [0, 0.05) is 6.42 Å². The number of carbonyl (C=O) groups excluding carboxylic acids is 2. The van der Waals surface area contributed by atoms with Crippen molar-refractivity contribution in [1.82, 2.24) is 5.32 Å². The minimum absolute atomic E-state index is 0.0543. The molecule has 0 aliphatic rings. The van der Waals surface area contributed by atoms with Gasteiger partial charge in [-0.15, -0.1) is 0 Å². The van der Waals surface area contributed by atoms with Gasteiger partial charge in [-0.05, 0) is 64.2 Å². The van der Waals surface area contributed by atoms with Crippen molar-refractivity contribution >= 4 is 11.9 Å². The van der Waals surface area contributed by atoms with Gasteiger partial charge in [0.25, 0.3) is 0 Å². The smallest absolute Gasteiger partial charge is 0.306 e. The van der Waals surface area contributed by atoms with Gasteiger partial charge in [0.05, 0.1) is 25.2 Å². The van der Waals surface area contributed by atoms with Gasteiger partial charge in [-0.1, -0.05) is 186 Å². The number of hydrogen-bond donors (Lipinski definition) is 3. The van der Waals surface area contributed by atoms with E-state index in [4.69, 9.17) is 4.74 Å². The van der Waals surface area contributed by atoms with E-state index in [1.807, 2.05) is 0 Å². The van der Waals surface area contributed by atoms with Crippen LogP contribution >= 0.6 is 0 Å². The third-order valence-electron chi connectivity index (χ3n) is 10.2. The zero-order chi connectivity index (χ0) is 38.9. The fourth-order valence-electron chi connectivity index (χ4n) is 6.73. The van der Waals surface area contributed by atoms with Gasteiger partial charge in [0.1, 0.15) is 6.10 Å². The van der Waals surface area contributed by atoms with Crippen LogP contribution in [0.15, 0.2) is 36.5 Å². The number of rotatable bonds is 40. The van der Waals surface area contributed by atoms with E-state index in [9.17, 15) is 19.8 Å². The molecule has 0 saturated heterocycles. The van der Waals surface area contributed by atoms with Crippen LogP contribution in [0, 0.1) is 0 Å². The number of amides is 1. The highest BCUT2D eigenvalue weighted by molar-refractivity contribution is 5.77. The Hall–Kier alpha value is -1.92. The molecular weight excluding hydrogens is 659 g/mol. The second-order valence-corrected chi connectivity index (χ2v) is 15.5. The zero-order valence-electron chi connectivity index (χ0n) is 35.1. The highest BCUT2D eigenvalue weighted by atomic mass is 16.5. The second kappa shape index (κ2) is 41.2. The lowest BCUT2D eigenvalue weighted by atomic mass is 10.0. The van der Waals surface area contributed by atoms with Crippen molar-refractivity contribution in [2.75, 3.05) is 6.61 Å². The van der Waals surface area contributed by atoms with Crippen molar-refractivity contribution < 1.29 is 24.5 Å². The number of hydrogen-bond acceptors (Lipinski definition) is 5. The van der Waals surface area contributed by atoms with E-state index < -0.39 is 18.2 Å². The van der Waals surface area contributed by atoms with Gasteiger partial charge in [-0.2, -0.15) is 0 Å². The number of carbonyl (C=O) groups is 2. The van der Waals surface area contributed by atoms with Crippen LogP contribution in [-0.2, 0) is 14.3 Å². The molecule has 0 radical (unpaired) electrons. The third-order valence-corrected chi connectivity index (χ3v) is 10.2. The SMILES string of the molecule is CCCCC/C=C\C/C=C\C/C=C\CCCCC(CC(=O)NC(CO)C(O)CCCCCCCCCCC)OC(=O)CCCCCCCCCCCC. The molecule has 0 saturated carbocycles. The van der Waals surface area contributed by atoms with Gasteiger partial charge in [-0.25, -0.2) is 0 Å². The molecule has 53 heavy (non-hydrogen) atoms. The Morgan fingerprint density at radius 3 is 1.47 bits per heavy atom. The van der Waals surface area contributed by atoms with E-state index in [1.54, 1.807) is 0 Å². The molecule has 0 aliphatic carbocycles. The van der Waals surface area contributed by atoms with Gasteiger partial charge in [0.2, 0.25) is 5.91 Å². The first-order chi connectivity index (χ1) is 26.0. The molecule has 310 valence electrons. The Balaban J connectivity index is 4.68. The van der Waals surface area contributed by atoms with E-state index in [1.165, 1.54) is 109 Å². The summed E-state index contributed by atoms with van der Waals surface area (Å²) in [5.41, 5.74) is 0. The molecule has 0 aromatic rings. The molecule has 6 nitrogen and oxygen atoms in total. The van der Waals surface area contributed by atoms with Crippen LogP contribution < -0.4 is 5.32 Å². The van der Waals surface area contributed by atoms with Gasteiger partial charge < -0.3 is 20.3 Å². The maximum Gasteiger partial charge on any atom is 0.306 e. The molecule has 3 atom stereocenters. The summed E-state index contributed by atoms with van der Waals surface area (Å²) >= 11 is 0. The minimum atomic E-state index is -0.792. The standard InChI is InChI=1S/C47H87NO5/c1-4-7-10-13-16-19-21-22-23-24-25-27-29-32-35-38-43(53-47(52)40-37-34-31-28-20-17-14-11-8-5-2)41-46(51)48-44(42-49)45(50)39-36-33-30-26-18-15-12-9-6-3/h16,19,22-23,25,27,43-45,49-50H,4-15,17-18,20-21,24,26,28-42H2,1-3H3,(H,48,51)/b19-16-,23-22-,27-25-. The Bertz CT molecular complexity index is 884. The number of aliphatic hydroxyl groups is 2. The largest absolute Gasteiger partial charge is 0.462 e. The molecule has 3 unspecified atom stereocenters. The van der Waals surface area contributed by atoms with Crippen molar-refractivity contribution in [2.45, 2.75) is 244 Å². The maximum atomic E-state index is 13.1. The van der Waals surface area contributed by atoms with Gasteiger partial charge >= 0.3 is 5.97 Å². The van der Waals surface area contributed by atoms with Crippen LogP contribution in [0.2, 0.25) is 0 Å². The second-order valence-electron chi connectivity index (χ2n) is 15.5. The van der Waals surface area contributed by atoms with Crippen LogP contribution in [0.3, 0.4) is 0 Å².